The standard InChI is InChI=1S/C14H19N5O2/c1-3-5-6-10-7-9(4-2)8-11(12(10)20)13(21)15-14-16-18-19-17-14/h7-8,20H,3-6H2,1-2H3,(H2,15,16,17,18,19,21). The molecule has 7 nitrogen and oxygen atoms in total. The minimum atomic E-state index is -0.443. The van der Waals surface area contributed by atoms with Gasteiger partial charge in [0.25, 0.3) is 11.9 Å². The van der Waals surface area contributed by atoms with E-state index in [-0.39, 0.29) is 17.3 Å². The lowest BCUT2D eigenvalue weighted by molar-refractivity contribution is 0.102. The van der Waals surface area contributed by atoms with Crippen LogP contribution in [0.15, 0.2) is 12.1 Å². The molecule has 3 N–H and O–H groups in total. The van der Waals surface area contributed by atoms with Crippen LogP contribution in [0.25, 0.3) is 0 Å². The molecule has 112 valence electrons. The summed E-state index contributed by atoms with van der Waals surface area (Å²) in [7, 11) is 0. The van der Waals surface area contributed by atoms with Gasteiger partial charge in [0.15, 0.2) is 0 Å². The summed E-state index contributed by atoms with van der Waals surface area (Å²) in [6, 6.07) is 3.65. The van der Waals surface area contributed by atoms with Gasteiger partial charge >= 0.3 is 0 Å². The number of aromatic hydroxyl groups is 1. The van der Waals surface area contributed by atoms with E-state index in [4.69, 9.17) is 0 Å². The minimum Gasteiger partial charge on any atom is -0.507 e. The lowest BCUT2D eigenvalue weighted by Gasteiger charge is -2.11. The van der Waals surface area contributed by atoms with Crippen molar-refractivity contribution < 1.29 is 9.90 Å². The molecule has 0 bridgehead atoms. The first-order valence-electron chi connectivity index (χ1n) is 7.05. The first-order chi connectivity index (χ1) is 10.2. The van der Waals surface area contributed by atoms with Crippen LogP contribution >= 0.6 is 0 Å². The second-order valence-corrected chi connectivity index (χ2v) is 4.80. The molecule has 0 aliphatic rings. The number of carbonyl (C=O) groups is 1. The minimum absolute atomic E-state index is 0.0293. The summed E-state index contributed by atoms with van der Waals surface area (Å²) in [6.07, 6.45) is 3.54. The maximum absolute atomic E-state index is 12.2. The van der Waals surface area contributed by atoms with Crippen LogP contribution in [0.5, 0.6) is 5.75 Å². The molecule has 0 spiro atoms. The zero-order valence-corrected chi connectivity index (χ0v) is 12.2. The normalized spacial score (nSPS) is 10.6. The summed E-state index contributed by atoms with van der Waals surface area (Å²) >= 11 is 0. The van der Waals surface area contributed by atoms with E-state index in [0.29, 0.717) is 0 Å². The van der Waals surface area contributed by atoms with Crippen molar-refractivity contribution in [2.24, 2.45) is 0 Å². The lowest BCUT2D eigenvalue weighted by Crippen LogP contribution is -2.14. The Balaban J connectivity index is 2.30. The molecule has 0 radical (unpaired) electrons. The zero-order valence-electron chi connectivity index (χ0n) is 12.2. The Kier molecular flexibility index (Phi) is 4.86. The summed E-state index contributed by atoms with van der Waals surface area (Å²) in [6.45, 7) is 4.10. The Morgan fingerprint density at radius 3 is 2.81 bits per heavy atom. The molecule has 7 heteroatoms. The number of benzene rings is 1. The SMILES string of the molecule is CCCCc1cc(CC)cc(C(=O)Nc2nn[nH]n2)c1O. The van der Waals surface area contributed by atoms with Crippen LogP contribution in [0.1, 0.15) is 48.2 Å². The van der Waals surface area contributed by atoms with Gasteiger partial charge in [0, 0.05) is 0 Å². The fourth-order valence-electron chi connectivity index (χ4n) is 2.08. The maximum atomic E-state index is 12.2. The van der Waals surface area contributed by atoms with Crippen LogP contribution in [0.4, 0.5) is 5.95 Å². The predicted molar refractivity (Wildman–Crippen MR) is 78.2 cm³/mol. The number of unbranched alkanes of at least 4 members (excludes halogenated alkanes) is 1. The van der Waals surface area contributed by atoms with Crippen molar-refractivity contribution in [1.82, 2.24) is 20.6 Å². The molecule has 1 aromatic heterocycles. The first kappa shape index (κ1) is 15.0. The van der Waals surface area contributed by atoms with Crippen molar-refractivity contribution in [1.29, 1.82) is 0 Å². The van der Waals surface area contributed by atoms with Gasteiger partial charge in [0.2, 0.25) is 0 Å². The number of H-pyrrole nitrogens is 1. The highest BCUT2D eigenvalue weighted by molar-refractivity contribution is 6.05. The van der Waals surface area contributed by atoms with Crippen molar-refractivity contribution in [2.75, 3.05) is 5.32 Å². The van der Waals surface area contributed by atoms with Crippen LogP contribution in [-0.2, 0) is 12.8 Å². The highest BCUT2D eigenvalue weighted by Crippen LogP contribution is 2.27. The van der Waals surface area contributed by atoms with Crippen LogP contribution in [0.2, 0.25) is 0 Å². The van der Waals surface area contributed by atoms with E-state index < -0.39 is 5.91 Å². The van der Waals surface area contributed by atoms with Crippen molar-refractivity contribution >= 4 is 11.9 Å². The Bertz CT molecular complexity index is 610. The van der Waals surface area contributed by atoms with Crippen molar-refractivity contribution in [3.8, 4) is 5.75 Å². The summed E-state index contributed by atoms with van der Waals surface area (Å²) < 4.78 is 0. The third-order valence-electron chi connectivity index (χ3n) is 3.27. The van der Waals surface area contributed by atoms with Gasteiger partial charge in [0.1, 0.15) is 5.75 Å². The molecule has 0 atom stereocenters. The van der Waals surface area contributed by atoms with E-state index in [1.54, 1.807) is 6.07 Å². The van der Waals surface area contributed by atoms with Crippen LogP contribution < -0.4 is 5.32 Å². The topological polar surface area (TPSA) is 104 Å². The van der Waals surface area contributed by atoms with Gasteiger partial charge in [-0.25, -0.2) is 0 Å². The molecule has 0 saturated heterocycles. The van der Waals surface area contributed by atoms with Crippen molar-refractivity contribution in [3.05, 3.63) is 28.8 Å². The molecule has 0 unspecified atom stereocenters. The number of carbonyl (C=O) groups excluding carboxylic acids is 1. The Hall–Kier alpha value is -2.44. The number of rotatable bonds is 6. The van der Waals surface area contributed by atoms with E-state index in [1.165, 1.54) is 0 Å². The molecule has 2 aromatic rings. The van der Waals surface area contributed by atoms with E-state index in [1.807, 2.05) is 13.0 Å². The van der Waals surface area contributed by atoms with Gasteiger partial charge in [-0.2, -0.15) is 5.21 Å². The third-order valence-corrected chi connectivity index (χ3v) is 3.27. The largest absolute Gasteiger partial charge is 0.507 e. The number of hydrogen-bond acceptors (Lipinski definition) is 5. The van der Waals surface area contributed by atoms with Gasteiger partial charge in [-0.1, -0.05) is 31.4 Å². The van der Waals surface area contributed by atoms with Gasteiger partial charge in [-0.3, -0.25) is 10.1 Å². The Morgan fingerprint density at radius 2 is 2.19 bits per heavy atom. The zero-order chi connectivity index (χ0) is 15.2. The molecule has 1 aromatic carbocycles. The molecule has 1 heterocycles. The maximum Gasteiger partial charge on any atom is 0.270 e. The first-order valence-corrected chi connectivity index (χ1v) is 7.05. The Labute approximate surface area is 122 Å². The predicted octanol–water partition coefficient (Wildman–Crippen LogP) is 2.06. The lowest BCUT2D eigenvalue weighted by atomic mass is 9.98. The highest BCUT2D eigenvalue weighted by Gasteiger charge is 2.17. The van der Waals surface area contributed by atoms with Crippen LogP contribution in [0, 0.1) is 0 Å². The monoisotopic (exact) mass is 289 g/mol. The Morgan fingerprint density at radius 1 is 1.38 bits per heavy atom. The van der Waals surface area contributed by atoms with Gasteiger partial charge in [-0.05, 0) is 41.7 Å². The summed E-state index contributed by atoms with van der Waals surface area (Å²) in [4.78, 5) is 12.2. The number of anilines is 1. The number of amides is 1. The van der Waals surface area contributed by atoms with Crippen molar-refractivity contribution in [3.63, 3.8) is 0 Å². The van der Waals surface area contributed by atoms with Crippen molar-refractivity contribution in [2.45, 2.75) is 39.5 Å². The summed E-state index contributed by atoms with van der Waals surface area (Å²) in [5.41, 5.74) is 2.05. The number of aromatic amines is 1. The molecular formula is C14H19N5O2. The molecule has 1 amide bonds. The number of phenolic OH excluding ortho intramolecular Hbond substituents is 1. The number of phenols is 1. The molecular weight excluding hydrogens is 270 g/mol. The fraction of sp³-hybridized carbons (Fsp3) is 0.429. The fourth-order valence-corrected chi connectivity index (χ4v) is 2.08. The van der Waals surface area contributed by atoms with E-state index in [2.05, 4.69) is 32.9 Å². The molecule has 21 heavy (non-hydrogen) atoms. The third kappa shape index (κ3) is 3.56. The molecule has 0 aliphatic heterocycles. The second-order valence-electron chi connectivity index (χ2n) is 4.80. The molecule has 0 aliphatic carbocycles. The smallest absolute Gasteiger partial charge is 0.270 e. The summed E-state index contributed by atoms with van der Waals surface area (Å²) in [5.74, 6) is -0.333. The quantitative estimate of drug-likeness (QED) is 0.755. The van der Waals surface area contributed by atoms with Gasteiger partial charge < -0.3 is 5.11 Å². The number of aryl methyl sites for hydroxylation is 2. The van der Waals surface area contributed by atoms with E-state index in [0.717, 1.165) is 36.8 Å². The van der Waals surface area contributed by atoms with Crippen LogP contribution in [-0.4, -0.2) is 31.6 Å². The van der Waals surface area contributed by atoms with E-state index in [9.17, 15) is 9.90 Å². The number of nitrogens with one attached hydrogen (secondary N) is 2. The second kappa shape index (κ2) is 6.83. The highest BCUT2D eigenvalue weighted by atomic mass is 16.3. The van der Waals surface area contributed by atoms with E-state index >= 15 is 0 Å². The van der Waals surface area contributed by atoms with Gasteiger partial charge in [-0.15, -0.1) is 5.10 Å². The number of tetrazole rings is 1. The average Bonchev–Trinajstić information content (AvgIpc) is 2.99. The number of nitrogens with zero attached hydrogens (tertiary/aromatic N) is 3. The molecule has 0 fully saturated rings. The van der Waals surface area contributed by atoms with Gasteiger partial charge in [0.05, 0.1) is 5.56 Å². The molecule has 2 rings (SSSR count). The molecule has 0 saturated carbocycles. The van der Waals surface area contributed by atoms with Crippen LogP contribution in [0.3, 0.4) is 0 Å². The summed E-state index contributed by atoms with van der Waals surface area (Å²) in [5, 5.41) is 25.8. The number of aromatic nitrogens is 4. The number of hydrogen-bond donors (Lipinski definition) is 3. The average molecular weight is 289 g/mol.